The summed E-state index contributed by atoms with van der Waals surface area (Å²) in [5, 5.41) is 5.17. The van der Waals surface area contributed by atoms with Gasteiger partial charge in [-0.15, -0.1) is 0 Å². The normalized spacial score (nSPS) is 15.0. The first-order chi connectivity index (χ1) is 15.0. The zero-order valence-electron chi connectivity index (χ0n) is 16.8. The molecule has 7 nitrogen and oxygen atoms in total. The number of carbonyl (C=O) groups excluding carboxylic acids is 1. The van der Waals surface area contributed by atoms with Crippen molar-refractivity contribution in [3.63, 3.8) is 0 Å². The van der Waals surface area contributed by atoms with Crippen molar-refractivity contribution in [3.05, 3.63) is 58.1 Å². The van der Waals surface area contributed by atoms with Gasteiger partial charge in [0.1, 0.15) is 18.0 Å². The second-order valence-electron chi connectivity index (χ2n) is 7.72. The van der Waals surface area contributed by atoms with Crippen LogP contribution in [0.5, 0.6) is 0 Å². The SMILES string of the molecule is C[C@H](Nc1ncnc2cc(C(=O)N3CCCC3)c(Cl)cc12)c1nc2ccc(Cl)cc2[nH]1. The van der Waals surface area contributed by atoms with Crippen LogP contribution in [-0.2, 0) is 0 Å². The van der Waals surface area contributed by atoms with E-state index in [0.717, 1.165) is 48.2 Å². The first-order valence-corrected chi connectivity index (χ1v) is 10.9. The van der Waals surface area contributed by atoms with Gasteiger partial charge in [-0.2, -0.15) is 0 Å². The summed E-state index contributed by atoms with van der Waals surface area (Å²) in [6.07, 6.45) is 3.53. The van der Waals surface area contributed by atoms with E-state index in [2.05, 4.69) is 25.3 Å². The molecule has 0 saturated carbocycles. The number of rotatable bonds is 4. The third-order valence-corrected chi connectivity index (χ3v) is 6.12. The minimum Gasteiger partial charge on any atom is -0.360 e. The van der Waals surface area contributed by atoms with E-state index in [1.807, 2.05) is 30.0 Å². The van der Waals surface area contributed by atoms with Gasteiger partial charge in [0.25, 0.3) is 5.91 Å². The maximum atomic E-state index is 12.8. The number of H-pyrrole nitrogens is 1. The van der Waals surface area contributed by atoms with E-state index in [1.165, 1.54) is 6.33 Å². The predicted octanol–water partition coefficient (Wildman–Crippen LogP) is 5.22. The highest BCUT2D eigenvalue weighted by Gasteiger charge is 2.23. The molecule has 1 saturated heterocycles. The highest BCUT2D eigenvalue weighted by atomic mass is 35.5. The summed E-state index contributed by atoms with van der Waals surface area (Å²) in [4.78, 5) is 31.3. The Bertz CT molecular complexity index is 1300. The van der Waals surface area contributed by atoms with Crippen molar-refractivity contribution in [1.82, 2.24) is 24.8 Å². The Balaban J connectivity index is 1.46. The second-order valence-corrected chi connectivity index (χ2v) is 8.56. The molecule has 1 atom stereocenters. The quantitative estimate of drug-likeness (QED) is 0.441. The Morgan fingerprint density at radius 2 is 1.94 bits per heavy atom. The van der Waals surface area contributed by atoms with Crippen LogP contribution in [0.1, 0.15) is 42.0 Å². The first-order valence-electron chi connectivity index (χ1n) is 10.1. The Kier molecular flexibility index (Phi) is 5.16. The molecule has 0 radical (unpaired) electrons. The first kappa shape index (κ1) is 20.0. The van der Waals surface area contributed by atoms with Crippen molar-refractivity contribution in [2.45, 2.75) is 25.8 Å². The molecule has 0 unspecified atom stereocenters. The molecule has 2 aromatic carbocycles. The van der Waals surface area contributed by atoms with Gasteiger partial charge in [0.2, 0.25) is 0 Å². The van der Waals surface area contributed by atoms with Gasteiger partial charge in [-0.1, -0.05) is 23.2 Å². The summed E-state index contributed by atoms with van der Waals surface area (Å²) >= 11 is 12.6. The number of carbonyl (C=O) groups is 1. The number of halogens is 2. The number of nitrogens with one attached hydrogen (secondary N) is 2. The van der Waals surface area contributed by atoms with Crippen molar-refractivity contribution in [2.75, 3.05) is 18.4 Å². The molecule has 0 spiro atoms. The third kappa shape index (κ3) is 3.79. The lowest BCUT2D eigenvalue weighted by Crippen LogP contribution is -2.27. The molecule has 1 fully saturated rings. The van der Waals surface area contributed by atoms with E-state index < -0.39 is 0 Å². The maximum absolute atomic E-state index is 12.8. The van der Waals surface area contributed by atoms with Crippen LogP contribution in [0.15, 0.2) is 36.7 Å². The largest absolute Gasteiger partial charge is 0.360 e. The number of aromatic nitrogens is 4. The minimum atomic E-state index is -0.158. The predicted molar refractivity (Wildman–Crippen MR) is 123 cm³/mol. The monoisotopic (exact) mass is 454 g/mol. The fourth-order valence-electron chi connectivity index (χ4n) is 3.93. The fourth-order valence-corrected chi connectivity index (χ4v) is 4.34. The van der Waals surface area contributed by atoms with Crippen LogP contribution in [-0.4, -0.2) is 43.8 Å². The highest BCUT2D eigenvalue weighted by Crippen LogP contribution is 2.30. The highest BCUT2D eigenvalue weighted by molar-refractivity contribution is 6.35. The number of imidazole rings is 1. The van der Waals surface area contributed by atoms with Crippen molar-refractivity contribution in [3.8, 4) is 0 Å². The number of hydrogen-bond acceptors (Lipinski definition) is 5. The van der Waals surface area contributed by atoms with Gasteiger partial charge >= 0.3 is 0 Å². The van der Waals surface area contributed by atoms with Gasteiger partial charge in [0.05, 0.1) is 33.2 Å². The number of amides is 1. The maximum Gasteiger partial charge on any atom is 0.255 e. The van der Waals surface area contributed by atoms with Gasteiger partial charge in [0, 0.05) is 23.5 Å². The molecule has 4 aromatic rings. The molecule has 9 heteroatoms. The zero-order chi connectivity index (χ0) is 21.5. The van der Waals surface area contributed by atoms with Crippen LogP contribution in [0.3, 0.4) is 0 Å². The molecule has 2 N–H and O–H groups in total. The number of likely N-dealkylation sites (tertiary alicyclic amines) is 1. The molecule has 1 aliphatic heterocycles. The van der Waals surface area contributed by atoms with E-state index in [1.54, 1.807) is 12.1 Å². The second kappa shape index (κ2) is 7.98. The van der Waals surface area contributed by atoms with Gasteiger partial charge in [-0.25, -0.2) is 15.0 Å². The molecule has 3 heterocycles. The van der Waals surface area contributed by atoms with Crippen LogP contribution in [0.4, 0.5) is 5.82 Å². The van der Waals surface area contributed by atoms with Crippen LogP contribution in [0.25, 0.3) is 21.9 Å². The molecular weight excluding hydrogens is 435 g/mol. The van der Waals surface area contributed by atoms with E-state index in [4.69, 9.17) is 23.2 Å². The number of fused-ring (bicyclic) bond motifs is 2. The summed E-state index contributed by atoms with van der Waals surface area (Å²) < 4.78 is 0. The lowest BCUT2D eigenvalue weighted by atomic mass is 10.1. The summed E-state index contributed by atoms with van der Waals surface area (Å²) in [5.74, 6) is 1.33. The molecule has 1 aliphatic rings. The average molecular weight is 455 g/mol. The molecule has 5 rings (SSSR count). The van der Waals surface area contributed by atoms with Gasteiger partial charge in [-0.3, -0.25) is 4.79 Å². The molecule has 2 aromatic heterocycles. The van der Waals surface area contributed by atoms with Gasteiger partial charge in [-0.05, 0) is 50.1 Å². The molecule has 1 amide bonds. The van der Waals surface area contributed by atoms with E-state index in [9.17, 15) is 4.79 Å². The van der Waals surface area contributed by atoms with Gasteiger partial charge in [0.15, 0.2) is 0 Å². The van der Waals surface area contributed by atoms with Crippen molar-refractivity contribution >= 4 is 56.9 Å². The summed E-state index contributed by atoms with van der Waals surface area (Å²) in [6, 6.07) is 8.89. The number of aromatic amines is 1. The topological polar surface area (TPSA) is 86.8 Å². The van der Waals surface area contributed by atoms with Crippen molar-refractivity contribution in [2.24, 2.45) is 0 Å². The summed E-state index contributed by atoms with van der Waals surface area (Å²) in [6.45, 7) is 3.52. The number of benzene rings is 2. The minimum absolute atomic E-state index is 0.0492. The van der Waals surface area contributed by atoms with Crippen LogP contribution < -0.4 is 5.32 Å². The molecule has 158 valence electrons. The van der Waals surface area contributed by atoms with Crippen molar-refractivity contribution < 1.29 is 4.79 Å². The Morgan fingerprint density at radius 1 is 1.13 bits per heavy atom. The van der Waals surface area contributed by atoms with E-state index in [0.29, 0.717) is 26.9 Å². The fraction of sp³-hybridized carbons (Fsp3) is 0.273. The summed E-state index contributed by atoms with van der Waals surface area (Å²) in [5.41, 5.74) is 2.85. The molecular formula is C22H20Cl2N6O. The summed E-state index contributed by atoms with van der Waals surface area (Å²) in [7, 11) is 0. The van der Waals surface area contributed by atoms with Crippen LogP contribution in [0, 0.1) is 0 Å². The van der Waals surface area contributed by atoms with E-state index in [-0.39, 0.29) is 11.9 Å². The van der Waals surface area contributed by atoms with Crippen LogP contribution >= 0.6 is 23.2 Å². The van der Waals surface area contributed by atoms with Gasteiger partial charge < -0.3 is 15.2 Å². The Labute approximate surface area is 188 Å². The molecule has 0 aliphatic carbocycles. The lowest BCUT2D eigenvalue weighted by molar-refractivity contribution is 0.0793. The number of nitrogens with zero attached hydrogens (tertiary/aromatic N) is 4. The third-order valence-electron chi connectivity index (χ3n) is 5.57. The Hall–Kier alpha value is -2.90. The lowest BCUT2D eigenvalue weighted by Gasteiger charge is -2.17. The van der Waals surface area contributed by atoms with E-state index >= 15 is 0 Å². The number of anilines is 1. The molecule has 0 bridgehead atoms. The smallest absolute Gasteiger partial charge is 0.255 e. The Morgan fingerprint density at radius 3 is 2.74 bits per heavy atom. The standard InChI is InChI=1S/C22H20Cl2N6O/c1-12(20-28-17-5-4-13(23)8-19(17)29-20)27-21-15-9-16(24)14(10-18(15)25-11-26-21)22(31)30-6-2-3-7-30/h4-5,8-12H,2-3,6-7H2,1H3,(H,28,29)(H,25,26,27)/t12-/m0/s1. The zero-order valence-corrected chi connectivity index (χ0v) is 18.3. The molecule has 31 heavy (non-hydrogen) atoms. The van der Waals surface area contributed by atoms with Crippen LogP contribution in [0.2, 0.25) is 10.0 Å². The number of hydrogen-bond donors (Lipinski definition) is 2. The van der Waals surface area contributed by atoms with Crippen molar-refractivity contribution in [1.29, 1.82) is 0 Å². The average Bonchev–Trinajstić information content (AvgIpc) is 3.43.